The number of carbonyl (C=O) groups excluding carboxylic acids is 2. The number of amides is 1. The standard InChI is InChI=1S/C23H23NO4/c1-3-14-24-20(16-8-6-5-7-9-16)19(22(26)23(24)27)21(25)17-10-12-18(13-11-17)28-15-4-2/h4-13,20,25H,2-3,14-15H2,1H3/b21-19+. The van der Waals surface area contributed by atoms with Gasteiger partial charge in [0.15, 0.2) is 0 Å². The van der Waals surface area contributed by atoms with E-state index in [0.717, 1.165) is 5.56 Å². The second-order valence-electron chi connectivity index (χ2n) is 6.53. The van der Waals surface area contributed by atoms with Crippen LogP contribution in [0.5, 0.6) is 5.75 Å². The minimum Gasteiger partial charge on any atom is -0.507 e. The van der Waals surface area contributed by atoms with Gasteiger partial charge in [-0.05, 0) is 36.2 Å². The quantitative estimate of drug-likeness (QED) is 0.342. The smallest absolute Gasteiger partial charge is 0.295 e. The molecule has 5 heteroatoms. The van der Waals surface area contributed by atoms with Crippen molar-refractivity contribution in [3.63, 3.8) is 0 Å². The Bertz CT molecular complexity index is 900. The summed E-state index contributed by atoms with van der Waals surface area (Å²) in [6, 6.07) is 15.5. The fraction of sp³-hybridized carbons (Fsp3) is 0.217. The molecule has 5 nitrogen and oxygen atoms in total. The van der Waals surface area contributed by atoms with E-state index in [0.29, 0.717) is 30.9 Å². The summed E-state index contributed by atoms with van der Waals surface area (Å²) in [4.78, 5) is 26.9. The van der Waals surface area contributed by atoms with Crippen molar-refractivity contribution in [3.8, 4) is 5.75 Å². The molecule has 1 amide bonds. The first kappa shape index (κ1) is 19.4. The van der Waals surface area contributed by atoms with Crippen LogP contribution in [0, 0.1) is 0 Å². The van der Waals surface area contributed by atoms with Crippen LogP contribution >= 0.6 is 0 Å². The number of benzene rings is 2. The summed E-state index contributed by atoms with van der Waals surface area (Å²) in [5.41, 5.74) is 1.37. The number of aliphatic hydroxyl groups is 1. The molecule has 3 rings (SSSR count). The molecule has 1 fully saturated rings. The summed E-state index contributed by atoms with van der Waals surface area (Å²) in [6.45, 7) is 6.37. The Hall–Kier alpha value is -3.34. The molecule has 28 heavy (non-hydrogen) atoms. The summed E-state index contributed by atoms with van der Waals surface area (Å²) in [6.07, 6.45) is 2.36. The van der Waals surface area contributed by atoms with E-state index in [1.54, 1.807) is 30.3 Å². The van der Waals surface area contributed by atoms with Gasteiger partial charge in [-0.3, -0.25) is 9.59 Å². The van der Waals surface area contributed by atoms with Gasteiger partial charge < -0.3 is 14.7 Å². The molecule has 0 aromatic heterocycles. The maximum Gasteiger partial charge on any atom is 0.295 e. The Balaban J connectivity index is 2.06. The number of likely N-dealkylation sites (tertiary alicyclic amines) is 1. The molecule has 0 saturated carbocycles. The molecule has 144 valence electrons. The summed E-state index contributed by atoms with van der Waals surface area (Å²) in [5, 5.41) is 10.9. The Morgan fingerprint density at radius 3 is 2.43 bits per heavy atom. The Morgan fingerprint density at radius 2 is 1.82 bits per heavy atom. The van der Waals surface area contributed by atoms with Gasteiger partial charge in [-0.15, -0.1) is 0 Å². The van der Waals surface area contributed by atoms with E-state index in [4.69, 9.17) is 4.74 Å². The normalized spacial score (nSPS) is 18.3. The molecule has 1 saturated heterocycles. The van der Waals surface area contributed by atoms with Gasteiger partial charge in [-0.25, -0.2) is 0 Å². The highest BCUT2D eigenvalue weighted by Gasteiger charge is 2.45. The number of hydrogen-bond acceptors (Lipinski definition) is 4. The van der Waals surface area contributed by atoms with Crippen molar-refractivity contribution in [2.24, 2.45) is 0 Å². The number of rotatable bonds is 7. The van der Waals surface area contributed by atoms with Crippen LogP contribution in [0.2, 0.25) is 0 Å². The largest absolute Gasteiger partial charge is 0.507 e. The van der Waals surface area contributed by atoms with Crippen molar-refractivity contribution < 1.29 is 19.4 Å². The van der Waals surface area contributed by atoms with E-state index in [1.165, 1.54) is 4.90 Å². The molecule has 2 aromatic carbocycles. The molecule has 0 spiro atoms. The predicted octanol–water partition coefficient (Wildman–Crippen LogP) is 4.08. The van der Waals surface area contributed by atoms with E-state index >= 15 is 0 Å². The fourth-order valence-corrected chi connectivity index (χ4v) is 3.35. The van der Waals surface area contributed by atoms with Crippen molar-refractivity contribution in [1.29, 1.82) is 0 Å². The van der Waals surface area contributed by atoms with E-state index in [9.17, 15) is 14.7 Å². The number of ether oxygens (including phenoxy) is 1. The molecule has 1 atom stereocenters. The number of ketones is 1. The van der Waals surface area contributed by atoms with Crippen molar-refractivity contribution in [2.75, 3.05) is 13.2 Å². The summed E-state index contributed by atoms with van der Waals surface area (Å²) < 4.78 is 5.45. The number of aliphatic hydroxyl groups excluding tert-OH is 1. The van der Waals surface area contributed by atoms with Crippen molar-refractivity contribution >= 4 is 17.4 Å². The number of hydrogen-bond donors (Lipinski definition) is 1. The lowest BCUT2D eigenvalue weighted by Crippen LogP contribution is -2.30. The van der Waals surface area contributed by atoms with Gasteiger partial charge in [-0.1, -0.05) is 49.9 Å². The van der Waals surface area contributed by atoms with E-state index in [1.807, 2.05) is 37.3 Å². The minimum atomic E-state index is -0.660. The number of Topliss-reactive ketones (excluding diaryl/α,β-unsaturated/α-hetero) is 1. The fourth-order valence-electron chi connectivity index (χ4n) is 3.35. The van der Waals surface area contributed by atoms with E-state index in [2.05, 4.69) is 6.58 Å². The second-order valence-corrected chi connectivity index (χ2v) is 6.53. The maximum absolute atomic E-state index is 12.8. The molecule has 0 bridgehead atoms. The molecular formula is C23H23NO4. The average Bonchev–Trinajstić information content (AvgIpc) is 2.98. The summed E-state index contributed by atoms with van der Waals surface area (Å²) in [7, 11) is 0. The van der Waals surface area contributed by atoms with Crippen LogP contribution in [0.4, 0.5) is 0 Å². The maximum atomic E-state index is 12.8. The van der Waals surface area contributed by atoms with Crippen LogP contribution in [-0.2, 0) is 9.59 Å². The van der Waals surface area contributed by atoms with Crippen molar-refractivity contribution in [1.82, 2.24) is 4.90 Å². The lowest BCUT2D eigenvalue weighted by Gasteiger charge is -2.24. The third kappa shape index (κ3) is 3.69. The third-order valence-electron chi connectivity index (χ3n) is 4.62. The highest BCUT2D eigenvalue weighted by atomic mass is 16.5. The SMILES string of the molecule is C=CCOc1ccc(/C(O)=C2\C(=O)C(=O)N(CCC)C2c2ccccc2)cc1. The topological polar surface area (TPSA) is 66.8 Å². The molecular weight excluding hydrogens is 354 g/mol. The zero-order valence-electron chi connectivity index (χ0n) is 15.8. The molecule has 1 unspecified atom stereocenters. The molecule has 1 aliphatic heterocycles. The van der Waals surface area contributed by atoms with E-state index < -0.39 is 17.7 Å². The van der Waals surface area contributed by atoms with Gasteiger partial charge in [0.2, 0.25) is 0 Å². The highest BCUT2D eigenvalue weighted by molar-refractivity contribution is 6.46. The molecule has 1 heterocycles. The van der Waals surface area contributed by atoms with Gasteiger partial charge in [0.05, 0.1) is 11.6 Å². The van der Waals surface area contributed by atoms with Crippen LogP contribution < -0.4 is 4.74 Å². The van der Waals surface area contributed by atoms with Crippen molar-refractivity contribution in [2.45, 2.75) is 19.4 Å². The molecule has 0 aliphatic carbocycles. The average molecular weight is 377 g/mol. The molecule has 1 N–H and O–H groups in total. The zero-order valence-corrected chi connectivity index (χ0v) is 15.8. The number of carbonyl (C=O) groups is 2. The first-order valence-electron chi connectivity index (χ1n) is 9.26. The van der Waals surface area contributed by atoms with E-state index in [-0.39, 0.29) is 11.3 Å². The highest BCUT2D eigenvalue weighted by Crippen LogP contribution is 2.39. The molecule has 2 aromatic rings. The first-order chi connectivity index (χ1) is 13.6. The van der Waals surface area contributed by atoms with Gasteiger partial charge in [0.25, 0.3) is 11.7 Å². The molecule has 1 aliphatic rings. The summed E-state index contributed by atoms with van der Waals surface area (Å²) in [5.74, 6) is -0.793. The number of nitrogens with zero attached hydrogens (tertiary/aromatic N) is 1. The third-order valence-corrected chi connectivity index (χ3v) is 4.62. The Kier molecular flexibility index (Phi) is 5.94. The predicted molar refractivity (Wildman–Crippen MR) is 108 cm³/mol. The lowest BCUT2D eigenvalue weighted by molar-refractivity contribution is -0.139. The van der Waals surface area contributed by atoms with Crippen LogP contribution in [-0.4, -0.2) is 34.8 Å². The van der Waals surface area contributed by atoms with Crippen molar-refractivity contribution in [3.05, 3.63) is 84.0 Å². The Morgan fingerprint density at radius 1 is 1.14 bits per heavy atom. The van der Waals surface area contributed by atoms with Crippen LogP contribution in [0.25, 0.3) is 5.76 Å². The Labute approximate surface area is 164 Å². The van der Waals surface area contributed by atoms with Crippen LogP contribution in [0.3, 0.4) is 0 Å². The lowest BCUT2D eigenvalue weighted by atomic mass is 9.95. The first-order valence-corrected chi connectivity index (χ1v) is 9.26. The zero-order chi connectivity index (χ0) is 20.1. The van der Waals surface area contributed by atoms with Gasteiger partial charge in [0, 0.05) is 12.1 Å². The van der Waals surface area contributed by atoms with Gasteiger partial charge in [0.1, 0.15) is 18.1 Å². The summed E-state index contributed by atoms with van der Waals surface area (Å²) >= 11 is 0. The van der Waals surface area contributed by atoms with Gasteiger partial charge in [-0.2, -0.15) is 0 Å². The molecule has 0 radical (unpaired) electrons. The van der Waals surface area contributed by atoms with Crippen LogP contribution in [0.1, 0.15) is 30.5 Å². The monoisotopic (exact) mass is 377 g/mol. The van der Waals surface area contributed by atoms with Crippen LogP contribution in [0.15, 0.2) is 72.8 Å². The minimum absolute atomic E-state index is 0.115. The second kappa shape index (κ2) is 8.57. The van der Waals surface area contributed by atoms with Gasteiger partial charge >= 0.3 is 0 Å².